The third kappa shape index (κ3) is 4.48. The lowest BCUT2D eigenvalue weighted by Gasteiger charge is -2.29. The van der Waals surface area contributed by atoms with Gasteiger partial charge in [-0.1, -0.05) is 48.5 Å². The van der Waals surface area contributed by atoms with Crippen LogP contribution < -0.4 is 5.32 Å². The molecule has 0 fully saturated rings. The van der Waals surface area contributed by atoms with E-state index in [2.05, 4.69) is 10.3 Å². The van der Waals surface area contributed by atoms with Gasteiger partial charge in [0.15, 0.2) is 0 Å². The normalized spacial score (nSPS) is 12.8. The van der Waals surface area contributed by atoms with Gasteiger partial charge in [0.25, 0.3) is 5.69 Å². The van der Waals surface area contributed by atoms with Gasteiger partial charge in [0, 0.05) is 34.4 Å². The first-order chi connectivity index (χ1) is 15.5. The molecular formula is C25H21N3O3S. The second-order valence-corrected chi connectivity index (χ2v) is 8.62. The quantitative estimate of drug-likeness (QED) is 0.221. The molecule has 1 unspecified atom stereocenters. The number of fused-ring (bicyclic) bond motifs is 1. The molecule has 0 aliphatic rings. The summed E-state index contributed by atoms with van der Waals surface area (Å²) in [5.41, 5.74) is 1.49. The van der Waals surface area contributed by atoms with E-state index in [0.717, 1.165) is 21.4 Å². The monoisotopic (exact) mass is 443 g/mol. The summed E-state index contributed by atoms with van der Waals surface area (Å²) in [6, 6.07) is 25.5. The van der Waals surface area contributed by atoms with E-state index in [9.17, 15) is 14.9 Å². The molecule has 0 aliphatic carbocycles. The zero-order chi connectivity index (χ0) is 22.6. The SMILES string of the molecule is CC(CSc1ccc([N+](=O)[O-])cc1)(C(=O)Nc1cccc2cccnc12)c1ccccc1. The molecule has 0 bridgehead atoms. The largest absolute Gasteiger partial charge is 0.323 e. The molecule has 4 rings (SSSR count). The number of nitrogens with one attached hydrogen (secondary N) is 1. The summed E-state index contributed by atoms with van der Waals surface area (Å²) >= 11 is 1.49. The molecule has 0 spiro atoms. The molecule has 3 aromatic carbocycles. The van der Waals surface area contributed by atoms with Crippen LogP contribution in [0.1, 0.15) is 12.5 Å². The number of nitro benzene ring substituents is 1. The fourth-order valence-corrected chi connectivity index (χ4v) is 4.52. The van der Waals surface area contributed by atoms with Crippen LogP contribution in [0.25, 0.3) is 10.9 Å². The van der Waals surface area contributed by atoms with E-state index in [1.165, 1.54) is 23.9 Å². The van der Waals surface area contributed by atoms with Gasteiger partial charge in [-0.3, -0.25) is 19.9 Å². The minimum Gasteiger partial charge on any atom is -0.323 e. The molecule has 160 valence electrons. The van der Waals surface area contributed by atoms with Crippen LogP contribution in [-0.2, 0) is 10.2 Å². The van der Waals surface area contributed by atoms with Crippen molar-refractivity contribution >= 4 is 39.9 Å². The summed E-state index contributed by atoms with van der Waals surface area (Å²) < 4.78 is 0. The van der Waals surface area contributed by atoms with Gasteiger partial charge < -0.3 is 5.32 Å². The van der Waals surface area contributed by atoms with Crippen LogP contribution in [-0.4, -0.2) is 21.6 Å². The number of anilines is 1. The fraction of sp³-hybridized carbons (Fsp3) is 0.120. The molecule has 4 aromatic rings. The second kappa shape index (κ2) is 9.20. The summed E-state index contributed by atoms with van der Waals surface area (Å²) in [6.07, 6.45) is 1.71. The van der Waals surface area contributed by atoms with Gasteiger partial charge in [-0.2, -0.15) is 0 Å². The molecule has 1 N–H and O–H groups in total. The van der Waals surface area contributed by atoms with Crippen LogP contribution in [0.3, 0.4) is 0 Å². The number of pyridine rings is 1. The summed E-state index contributed by atoms with van der Waals surface area (Å²) in [6.45, 7) is 1.91. The maximum absolute atomic E-state index is 13.6. The number of carbonyl (C=O) groups excluding carboxylic acids is 1. The summed E-state index contributed by atoms with van der Waals surface area (Å²) in [5, 5.41) is 14.9. The minimum atomic E-state index is -0.843. The van der Waals surface area contributed by atoms with Crippen molar-refractivity contribution in [3.63, 3.8) is 0 Å². The molecule has 1 heterocycles. The minimum absolute atomic E-state index is 0.0429. The number of hydrogen-bond acceptors (Lipinski definition) is 5. The molecule has 32 heavy (non-hydrogen) atoms. The van der Waals surface area contributed by atoms with E-state index < -0.39 is 10.3 Å². The number of benzene rings is 3. The Bertz CT molecular complexity index is 1260. The van der Waals surface area contributed by atoms with E-state index in [1.807, 2.05) is 67.6 Å². The lowest BCUT2D eigenvalue weighted by atomic mass is 9.83. The van der Waals surface area contributed by atoms with E-state index in [4.69, 9.17) is 0 Å². The molecule has 1 amide bonds. The van der Waals surface area contributed by atoms with Crippen molar-refractivity contribution in [2.45, 2.75) is 17.2 Å². The number of hydrogen-bond donors (Lipinski definition) is 1. The van der Waals surface area contributed by atoms with Crippen molar-refractivity contribution in [3.8, 4) is 0 Å². The lowest BCUT2D eigenvalue weighted by Crippen LogP contribution is -2.40. The number of carbonyl (C=O) groups is 1. The number of thioether (sulfide) groups is 1. The van der Waals surface area contributed by atoms with Crippen molar-refractivity contribution in [3.05, 3.63) is 107 Å². The van der Waals surface area contributed by atoms with Crippen LogP contribution in [0.2, 0.25) is 0 Å². The van der Waals surface area contributed by atoms with Crippen LogP contribution in [0, 0.1) is 10.1 Å². The Labute approximate surface area is 189 Å². The maximum atomic E-state index is 13.6. The predicted molar refractivity (Wildman–Crippen MR) is 128 cm³/mol. The lowest BCUT2D eigenvalue weighted by molar-refractivity contribution is -0.384. The highest BCUT2D eigenvalue weighted by atomic mass is 32.2. The third-order valence-electron chi connectivity index (χ3n) is 5.37. The zero-order valence-corrected chi connectivity index (χ0v) is 18.2. The summed E-state index contributed by atoms with van der Waals surface area (Å²) in [5.74, 6) is 0.315. The molecule has 1 aromatic heterocycles. The zero-order valence-electron chi connectivity index (χ0n) is 17.4. The highest BCUT2D eigenvalue weighted by Gasteiger charge is 2.35. The van der Waals surface area contributed by atoms with Crippen LogP contribution in [0.15, 0.2) is 96.0 Å². The highest BCUT2D eigenvalue weighted by Crippen LogP contribution is 2.34. The number of non-ortho nitro benzene ring substituents is 1. The van der Waals surface area contributed by atoms with Crippen molar-refractivity contribution in [2.24, 2.45) is 0 Å². The number of aromatic nitrogens is 1. The average molecular weight is 444 g/mol. The van der Waals surface area contributed by atoms with Crippen molar-refractivity contribution < 1.29 is 9.72 Å². The molecule has 1 atom stereocenters. The Balaban J connectivity index is 1.62. The first-order valence-electron chi connectivity index (χ1n) is 10.1. The molecule has 0 radical (unpaired) electrons. The van der Waals surface area contributed by atoms with Crippen LogP contribution in [0.5, 0.6) is 0 Å². The van der Waals surface area contributed by atoms with E-state index in [-0.39, 0.29) is 11.6 Å². The highest BCUT2D eigenvalue weighted by molar-refractivity contribution is 7.99. The maximum Gasteiger partial charge on any atom is 0.269 e. The molecule has 0 saturated carbocycles. The van der Waals surface area contributed by atoms with Gasteiger partial charge in [-0.25, -0.2) is 0 Å². The fourth-order valence-electron chi connectivity index (χ4n) is 3.44. The Kier molecular flexibility index (Phi) is 6.18. The average Bonchev–Trinajstić information content (AvgIpc) is 2.83. The van der Waals surface area contributed by atoms with Crippen LogP contribution in [0.4, 0.5) is 11.4 Å². The number of amides is 1. The van der Waals surface area contributed by atoms with Crippen molar-refractivity contribution in [1.29, 1.82) is 0 Å². The molecule has 7 heteroatoms. The molecular weight excluding hydrogens is 422 g/mol. The Morgan fingerprint density at radius 3 is 2.44 bits per heavy atom. The van der Waals surface area contributed by atoms with Gasteiger partial charge in [0.1, 0.15) is 0 Å². The van der Waals surface area contributed by atoms with Gasteiger partial charge in [-0.05, 0) is 36.8 Å². The molecule has 6 nitrogen and oxygen atoms in total. The van der Waals surface area contributed by atoms with E-state index in [1.54, 1.807) is 18.3 Å². The van der Waals surface area contributed by atoms with Crippen molar-refractivity contribution in [1.82, 2.24) is 4.98 Å². The second-order valence-electron chi connectivity index (χ2n) is 7.57. The van der Waals surface area contributed by atoms with Gasteiger partial charge in [0.2, 0.25) is 5.91 Å². The number of para-hydroxylation sites is 1. The van der Waals surface area contributed by atoms with E-state index >= 15 is 0 Å². The predicted octanol–water partition coefficient (Wildman–Crippen LogP) is 5.83. The standard InChI is InChI=1S/C25H21N3O3S/c1-25(19-9-3-2-4-10-19,17-32-21-14-12-20(13-15-21)28(30)31)24(29)27-22-11-5-7-18-8-6-16-26-23(18)22/h2-16H,17H2,1H3,(H,27,29). The van der Waals surface area contributed by atoms with Crippen molar-refractivity contribution in [2.75, 3.05) is 11.1 Å². The Morgan fingerprint density at radius 2 is 1.72 bits per heavy atom. The Hall–Kier alpha value is -3.71. The smallest absolute Gasteiger partial charge is 0.269 e. The topological polar surface area (TPSA) is 85.1 Å². The molecule has 0 saturated heterocycles. The van der Waals surface area contributed by atoms with Gasteiger partial charge in [-0.15, -0.1) is 11.8 Å². The molecule has 0 aliphatic heterocycles. The van der Waals surface area contributed by atoms with Gasteiger partial charge >= 0.3 is 0 Å². The summed E-state index contributed by atoms with van der Waals surface area (Å²) in [4.78, 5) is 29.4. The summed E-state index contributed by atoms with van der Waals surface area (Å²) in [7, 11) is 0. The first kappa shape index (κ1) is 21.5. The van der Waals surface area contributed by atoms with Crippen LogP contribution >= 0.6 is 11.8 Å². The number of nitro groups is 1. The number of rotatable bonds is 7. The Morgan fingerprint density at radius 1 is 1.00 bits per heavy atom. The number of nitrogens with zero attached hydrogens (tertiary/aromatic N) is 2. The van der Waals surface area contributed by atoms with Gasteiger partial charge in [0.05, 0.1) is 21.5 Å². The first-order valence-corrected chi connectivity index (χ1v) is 11.0. The third-order valence-corrected chi connectivity index (χ3v) is 6.70. The van der Waals surface area contributed by atoms with E-state index in [0.29, 0.717) is 11.4 Å².